The third-order valence-electron chi connectivity index (χ3n) is 4.60. The predicted octanol–water partition coefficient (Wildman–Crippen LogP) is 1.80. The van der Waals surface area contributed by atoms with Crippen LogP contribution >= 0.6 is 0 Å². The second-order valence-electron chi connectivity index (χ2n) is 5.75. The average molecular weight is 331 g/mol. The minimum Gasteiger partial charge on any atom is -0.480 e. The third-order valence-corrected chi connectivity index (χ3v) is 4.60. The van der Waals surface area contributed by atoms with Crippen LogP contribution < -0.4 is 5.32 Å². The number of aliphatic carboxylic acids is 1. The van der Waals surface area contributed by atoms with Gasteiger partial charge < -0.3 is 19.9 Å². The largest absolute Gasteiger partial charge is 0.480 e. The number of esters is 2. The lowest BCUT2D eigenvalue weighted by Crippen LogP contribution is -2.43. The maximum atomic E-state index is 12.1. The molecule has 1 aromatic carbocycles. The van der Waals surface area contributed by atoms with Gasteiger partial charge in [0.1, 0.15) is 6.04 Å². The van der Waals surface area contributed by atoms with Crippen molar-refractivity contribution in [2.24, 2.45) is 5.92 Å². The molecular weight excluding hydrogens is 314 g/mol. The van der Waals surface area contributed by atoms with Gasteiger partial charge in [-0.05, 0) is 24.1 Å². The number of benzene rings is 1. The van der Waals surface area contributed by atoms with Crippen molar-refractivity contribution in [3.8, 4) is 0 Å². The van der Waals surface area contributed by atoms with E-state index in [2.05, 4.69) is 5.32 Å². The molecule has 0 saturated heterocycles. The monoisotopic (exact) mass is 331 g/mol. The molecule has 0 bridgehead atoms. The standard InChI is InChI=1S/C17H17NO6/c1-23-16(21)10-6-7-11(17(22)24-2)13-12(10)8-4-3-5-9(8)14(18-13)15(19)20/h3-4,6-9,14,18H,5H2,1-2H3,(H,19,20)/t8-,9-,14+/m1/s1. The Morgan fingerprint density at radius 3 is 2.38 bits per heavy atom. The van der Waals surface area contributed by atoms with E-state index < -0.39 is 23.9 Å². The molecule has 0 saturated carbocycles. The Kier molecular flexibility index (Phi) is 4.01. The molecule has 0 unspecified atom stereocenters. The molecule has 0 fully saturated rings. The van der Waals surface area contributed by atoms with Gasteiger partial charge >= 0.3 is 17.9 Å². The quantitative estimate of drug-likeness (QED) is 0.643. The summed E-state index contributed by atoms with van der Waals surface area (Å²) in [5, 5.41) is 12.4. The van der Waals surface area contributed by atoms with Crippen LogP contribution in [0.1, 0.15) is 38.6 Å². The Morgan fingerprint density at radius 2 is 1.75 bits per heavy atom. The first-order valence-electron chi connectivity index (χ1n) is 7.49. The van der Waals surface area contributed by atoms with Gasteiger partial charge in [-0.25, -0.2) is 14.4 Å². The zero-order chi connectivity index (χ0) is 17.4. The van der Waals surface area contributed by atoms with Crippen LogP contribution in [-0.4, -0.2) is 43.3 Å². The number of hydrogen-bond acceptors (Lipinski definition) is 6. The third kappa shape index (κ3) is 2.33. The maximum absolute atomic E-state index is 12.1. The van der Waals surface area contributed by atoms with Crippen LogP contribution in [-0.2, 0) is 14.3 Å². The number of anilines is 1. The number of ether oxygens (including phenoxy) is 2. The average Bonchev–Trinajstić information content (AvgIpc) is 3.08. The van der Waals surface area contributed by atoms with Crippen LogP contribution in [0.5, 0.6) is 0 Å². The highest BCUT2D eigenvalue weighted by molar-refractivity contribution is 6.02. The van der Waals surface area contributed by atoms with E-state index in [1.807, 2.05) is 12.2 Å². The van der Waals surface area contributed by atoms with Crippen LogP contribution in [0.4, 0.5) is 5.69 Å². The van der Waals surface area contributed by atoms with Gasteiger partial charge in [0.15, 0.2) is 0 Å². The highest BCUT2D eigenvalue weighted by Gasteiger charge is 2.44. The smallest absolute Gasteiger partial charge is 0.339 e. The second kappa shape index (κ2) is 5.99. The minimum atomic E-state index is -1.00. The van der Waals surface area contributed by atoms with E-state index in [0.717, 1.165) is 0 Å². The number of carboxylic acid groups (broad SMARTS) is 1. The topological polar surface area (TPSA) is 102 Å². The van der Waals surface area contributed by atoms with Crippen molar-refractivity contribution in [1.29, 1.82) is 0 Å². The zero-order valence-electron chi connectivity index (χ0n) is 13.2. The number of fused-ring (bicyclic) bond motifs is 3. The summed E-state index contributed by atoms with van der Waals surface area (Å²) >= 11 is 0. The lowest BCUT2D eigenvalue weighted by Gasteiger charge is -2.36. The molecule has 7 nitrogen and oxygen atoms in total. The van der Waals surface area contributed by atoms with Gasteiger partial charge in [-0.2, -0.15) is 0 Å². The molecule has 24 heavy (non-hydrogen) atoms. The molecule has 126 valence electrons. The number of hydrogen-bond donors (Lipinski definition) is 2. The number of carboxylic acids is 1. The van der Waals surface area contributed by atoms with Crippen LogP contribution in [0.2, 0.25) is 0 Å². The summed E-state index contributed by atoms with van der Waals surface area (Å²) in [4.78, 5) is 35.8. The fraction of sp³-hybridized carbons (Fsp3) is 0.353. The van der Waals surface area contributed by atoms with Gasteiger partial charge in [-0.3, -0.25) is 0 Å². The fourth-order valence-corrected chi connectivity index (χ4v) is 3.52. The van der Waals surface area contributed by atoms with E-state index in [9.17, 15) is 19.5 Å². The van der Waals surface area contributed by atoms with Gasteiger partial charge in [0.2, 0.25) is 0 Å². The molecule has 3 atom stereocenters. The van der Waals surface area contributed by atoms with E-state index in [-0.39, 0.29) is 17.4 Å². The van der Waals surface area contributed by atoms with Crippen LogP contribution in [0.3, 0.4) is 0 Å². The number of allylic oxidation sites excluding steroid dienone is 2. The minimum absolute atomic E-state index is 0.199. The van der Waals surface area contributed by atoms with Crippen LogP contribution in [0, 0.1) is 5.92 Å². The van der Waals surface area contributed by atoms with Crippen molar-refractivity contribution < 1.29 is 29.0 Å². The molecule has 0 amide bonds. The summed E-state index contributed by atoms with van der Waals surface area (Å²) in [7, 11) is 2.53. The fourth-order valence-electron chi connectivity index (χ4n) is 3.52. The first kappa shape index (κ1) is 16.0. The van der Waals surface area contributed by atoms with Gasteiger partial charge in [0.25, 0.3) is 0 Å². The van der Waals surface area contributed by atoms with E-state index in [0.29, 0.717) is 23.2 Å². The highest BCUT2D eigenvalue weighted by Crippen LogP contribution is 2.47. The Labute approximate surface area is 138 Å². The van der Waals surface area contributed by atoms with E-state index >= 15 is 0 Å². The first-order chi connectivity index (χ1) is 11.5. The van der Waals surface area contributed by atoms with E-state index in [1.54, 1.807) is 0 Å². The van der Waals surface area contributed by atoms with Crippen LogP contribution in [0.15, 0.2) is 24.3 Å². The van der Waals surface area contributed by atoms with Crippen LogP contribution in [0.25, 0.3) is 0 Å². The summed E-state index contributed by atoms with van der Waals surface area (Å²) in [5.41, 5.74) is 1.43. The molecule has 0 aromatic heterocycles. The van der Waals surface area contributed by atoms with Crippen molar-refractivity contribution in [2.75, 3.05) is 19.5 Å². The van der Waals surface area contributed by atoms with E-state index in [1.165, 1.54) is 26.4 Å². The summed E-state index contributed by atoms with van der Waals surface area (Å²) in [6.07, 6.45) is 4.36. The molecule has 1 aliphatic carbocycles. The van der Waals surface area contributed by atoms with Gasteiger partial charge in [0, 0.05) is 11.8 Å². The summed E-state index contributed by atoms with van der Waals surface area (Å²) < 4.78 is 9.60. The normalized spacial score (nSPS) is 23.7. The number of nitrogens with one attached hydrogen (secondary N) is 1. The number of carbonyl (C=O) groups is 3. The zero-order valence-corrected chi connectivity index (χ0v) is 13.2. The summed E-state index contributed by atoms with van der Waals surface area (Å²) in [6, 6.07) is 2.11. The molecule has 2 aliphatic rings. The second-order valence-corrected chi connectivity index (χ2v) is 5.75. The number of rotatable bonds is 3. The number of carbonyl (C=O) groups excluding carboxylic acids is 2. The van der Waals surface area contributed by atoms with Gasteiger partial charge in [0.05, 0.1) is 31.0 Å². The van der Waals surface area contributed by atoms with E-state index in [4.69, 9.17) is 9.47 Å². The lowest BCUT2D eigenvalue weighted by atomic mass is 9.76. The molecular formula is C17H17NO6. The van der Waals surface area contributed by atoms with Crippen molar-refractivity contribution in [2.45, 2.75) is 18.4 Å². The SMILES string of the molecule is COC(=O)c1ccc(C(=O)OC)c2c1N[C@H](C(=O)O)[C@@H]1CC=C[C@@H]21. The molecule has 2 N–H and O–H groups in total. The van der Waals surface area contributed by atoms with Crippen molar-refractivity contribution in [3.63, 3.8) is 0 Å². The first-order valence-corrected chi connectivity index (χ1v) is 7.49. The Bertz CT molecular complexity index is 754. The molecule has 0 radical (unpaired) electrons. The molecule has 3 rings (SSSR count). The lowest BCUT2D eigenvalue weighted by molar-refractivity contribution is -0.139. The summed E-state index contributed by atoms with van der Waals surface area (Å²) in [6.45, 7) is 0. The molecule has 7 heteroatoms. The van der Waals surface area contributed by atoms with Crippen molar-refractivity contribution >= 4 is 23.6 Å². The molecule has 0 spiro atoms. The van der Waals surface area contributed by atoms with Crippen molar-refractivity contribution in [3.05, 3.63) is 41.0 Å². The van der Waals surface area contributed by atoms with Gasteiger partial charge in [-0.1, -0.05) is 12.2 Å². The Morgan fingerprint density at radius 1 is 1.12 bits per heavy atom. The predicted molar refractivity (Wildman–Crippen MR) is 84.2 cm³/mol. The van der Waals surface area contributed by atoms with Crippen molar-refractivity contribution in [1.82, 2.24) is 0 Å². The molecule has 1 heterocycles. The summed E-state index contributed by atoms with van der Waals surface area (Å²) in [5.74, 6) is -2.64. The highest BCUT2D eigenvalue weighted by atomic mass is 16.5. The molecule has 1 aliphatic heterocycles. The van der Waals surface area contributed by atoms with Gasteiger partial charge in [-0.15, -0.1) is 0 Å². The maximum Gasteiger partial charge on any atom is 0.339 e. The Balaban J connectivity index is 2.24. The Hall–Kier alpha value is -2.83. The molecule has 1 aromatic rings. The number of methoxy groups -OCH3 is 2.